The van der Waals surface area contributed by atoms with E-state index in [1.54, 1.807) is 26.7 Å². The van der Waals surface area contributed by atoms with E-state index in [0.29, 0.717) is 18.5 Å². The van der Waals surface area contributed by atoms with Gasteiger partial charge < -0.3 is 14.8 Å². The summed E-state index contributed by atoms with van der Waals surface area (Å²) in [6.07, 6.45) is 0.830. The molecule has 1 fully saturated rings. The lowest BCUT2D eigenvalue weighted by molar-refractivity contribution is -0.153. The number of ether oxygens (including phenoxy) is 2. The van der Waals surface area contributed by atoms with Crippen LogP contribution in [0.4, 0.5) is 10.1 Å². The average molecular weight is 389 g/mol. The first kappa shape index (κ1) is 21.4. The summed E-state index contributed by atoms with van der Waals surface area (Å²) in [6.45, 7) is 5.23. The first-order chi connectivity index (χ1) is 13.4. The van der Waals surface area contributed by atoms with Crippen LogP contribution in [-0.4, -0.2) is 36.6 Å². The summed E-state index contributed by atoms with van der Waals surface area (Å²) >= 11 is 0. The number of carbonyl (C=O) groups is 1. The van der Waals surface area contributed by atoms with Crippen LogP contribution in [0, 0.1) is 11.2 Å². The fourth-order valence-corrected chi connectivity index (χ4v) is 3.51. The van der Waals surface area contributed by atoms with Crippen molar-refractivity contribution in [1.82, 2.24) is 0 Å². The highest BCUT2D eigenvalue weighted by atomic mass is 19.1. The highest BCUT2D eigenvalue weighted by molar-refractivity contribution is 5.87. The van der Waals surface area contributed by atoms with Gasteiger partial charge in [0, 0.05) is 11.3 Å². The van der Waals surface area contributed by atoms with Crippen LogP contribution in [0.25, 0.3) is 0 Å². The van der Waals surface area contributed by atoms with Crippen molar-refractivity contribution < 1.29 is 28.2 Å². The molecule has 0 radical (unpaired) electrons. The summed E-state index contributed by atoms with van der Waals surface area (Å²) in [5.41, 5.74) is -0.786. The number of esters is 1. The van der Waals surface area contributed by atoms with E-state index in [4.69, 9.17) is 9.47 Å². The number of anilines is 1. The molecule has 6 nitrogen and oxygen atoms in total. The van der Waals surface area contributed by atoms with E-state index in [0.717, 1.165) is 0 Å². The van der Waals surface area contributed by atoms with Gasteiger partial charge in [-0.3, -0.25) is 4.79 Å². The van der Waals surface area contributed by atoms with Gasteiger partial charge in [-0.2, -0.15) is 0 Å². The quantitative estimate of drug-likeness (QED) is 0.418. The van der Waals surface area contributed by atoms with Crippen LogP contribution in [-0.2, 0) is 23.9 Å². The van der Waals surface area contributed by atoms with E-state index >= 15 is 0 Å². The standard InChI is InChI=1S/C21H24FNO5/c1-4-27-20(26)21(11-5-6-15(21)12-24)19(18(13-25)28-14(2)3)23-17-9-7-16(22)8-10-17/h7-10,14,19,23H,4-6,11H2,1-3H3. The van der Waals surface area contributed by atoms with Gasteiger partial charge in [-0.1, -0.05) is 0 Å². The molecule has 0 amide bonds. The molecule has 1 aromatic carbocycles. The second-order valence-electron chi connectivity index (χ2n) is 6.84. The maximum absolute atomic E-state index is 13.3. The second-order valence-corrected chi connectivity index (χ2v) is 6.84. The molecule has 1 aromatic rings. The monoisotopic (exact) mass is 389 g/mol. The zero-order valence-electron chi connectivity index (χ0n) is 16.2. The average Bonchev–Trinajstić information content (AvgIpc) is 3.10. The smallest absolute Gasteiger partial charge is 0.319 e. The van der Waals surface area contributed by atoms with Crippen molar-refractivity contribution in [3.8, 4) is 0 Å². The molecule has 2 atom stereocenters. The van der Waals surface area contributed by atoms with Crippen LogP contribution in [0.2, 0.25) is 0 Å². The second kappa shape index (κ2) is 9.36. The number of nitrogens with one attached hydrogen (secondary N) is 1. The molecular weight excluding hydrogens is 365 g/mol. The Morgan fingerprint density at radius 3 is 2.50 bits per heavy atom. The topological polar surface area (TPSA) is 81.7 Å². The first-order valence-electron chi connectivity index (χ1n) is 9.24. The molecule has 0 bridgehead atoms. The van der Waals surface area contributed by atoms with Crippen molar-refractivity contribution in [3.63, 3.8) is 0 Å². The predicted molar refractivity (Wildman–Crippen MR) is 101 cm³/mol. The number of halogens is 1. The van der Waals surface area contributed by atoms with Crippen molar-refractivity contribution in [2.75, 3.05) is 11.9 Å². The molecule has 0 aliphatic heterocycles. The lowest BCUT2D eigenvalue weighted by atomic mass is 9.74. The Bertz CT molecular complexity index is 807. The van der Waals surface area contributed by atoms with Crippen LogP contribution in [0.5, 0.6) is 0 Å². The van der Waals surface area contributed by atoms with E-state index in [2.05, 4.69) is 5.32 Å². The molecule has 1 aliphatic carbocycles. The van der Waals surface area contributed by atoms with E-state index in [-0.39, 0.29) is 30.5 Å². The molecule has 0 aromatic heterocycles. The lowest BCUT2D eigenvalue weighted by Crippen LogP contribution is -2.49. The van der Waals surface area contributed by atoms with E-state index in [1.165, 1.54) is 24.3 Å². The fraction of sp³-hybridized carbons (Fsp3) is 0.476. The minimum Gasteiger partial charge on any atom is -0.482 e. The van der Waals surface area contributed by atoms with Crippen LogP contribution >= 0.6 is 0 Å². The highest BCUT2D eigenvalue weighted by Gasteiger charge is 2.56. The van der Waals surface area contributed by atoms with Crippen LogP contribution in [0.3, 0.4) is 0 Å². The number of carbonyl (C=O) groups excluding carboxylic acids is 3. The normalized spacial score (nSPS) is 19.5. The Kier molecular flexibility index (Phi) is 7.16. The highest BCUT2D eigenvalue weighted by Crippen LogP contribution is 2.48. The van der Waals surface area contributed by atoms with Gasteiger partial charge in [0.1, 0.15) is 23.2 Å². The summed E-state index contributed by atoms with van der Waals surface area (Å²) in [7, 11) is 0. The minimum atomic E-state index is -1.45. The summed E-state index contributed by atoms with van der Waals surface area (Å²) in [6, 6.07) is 4.39. The summed E-state index contributed by atoms with van der Waals surface area (Å²) in [5, 5.41) is 3.06. The van der Waals surface area contributed by atoms with Crippen LogP contribution in [0.1, 0.15) is 40.0 Å². The van der Waals surface area contributed by atoms with Crippen LogP contribution < -0.4 is 5.32 Å². The Hall–Kier alpha value is -2.88. The summed E-state index contributed by atoms with van der Waals surface area (Å²) < 4.78 is 24.2. The zero-order valence-corrected chi connectivity index (χ0v) is 16.2. The molecule has 0 spiro atoms. The van der Waals surface area contributed by atoms with Crippen molar-refractivity contribution in [3.05, 3.63) is 41.4 Å². The molecule has 1 N–H and O–H groups in total. The minimum absolute atomic E-state index is 0.112. The van der Waals surface area contributed by atoms with Crippen molar-refractivity contribution >= 4 is 23.5 Å². The number of hydrogen-bond donors (Lipinski definition) is 1. The molecule has 0 saturated heterocycles. The third kappa shape index (κ3) is 4.33. The third-order valence-corrected chi connectivity index (χ3v) is 4.67. The summed E-state index contributed by atoms with van der Waals surface area (Å²) in [5.74, 6) is 2.42. The third-order valence-electron chi connectivity index (χ3n) is 4.67. The Labute approximate surface area is 163 Å². The van der Waals surface area contributed by atoms with E-state index in [9.17, 15) is 18.8 Å². The van der Waals surface area contributed by atoms with Crippen molar-refractivity contribution in [1.29, 1.82) is 0 Å². The Morgan fingerprint density at radius 1 is 1.29 bits per heavy atom. The lowest BCUT2D eigenvalue weighted by Gasteiger charge is -2.36. The van der Waals surface area contributed by atoms with Gasteiger partial charge in [-0.05, 0) is 64.3 Å². The predicted octanol–water partition coefficient (Wildman–Crippen LogP) is 3.24. The molecule has 0 heterocycles. The van der Waals surface area contributed by atoms with E-state index in [1.807, 2.05) is 5.94 Å². The van der Waals surface area contributed by atoms with Gasteiger partial charge in [0.15, 0.2) is 5.94 Å². The fourth-order valence-electron chi connectivity index (χ4n) is 3.51. The van der Waals surface area contributed by atoms with Crippen molar-refractivity contribution in [2.45, 2.75) is 52.2 Å². The Morgan fingerprint density at radius 2 is 1.96 bits per heavy atom. The molecule has 28 heavy (non-hydrogen) atoms. The molecule has 1 aliphatic rings. The zero-order chi connectivity index (χ0) is 20.7. The summed E-state index contributed by atoms with van der Waals surface area (Å²) in [4.78, 5) is 36.4. The van der Waals surface area contributed by atoms with Gasteiger partial charge in [0.05, 0.1) is 12.7 Å². The number of hydrogen-bond acceptors (Lipinski definition) is 6. The maximum atomic E-state index is 13.3. The number of benzene rings is 1. The van der Waals surface area contributed by atoms with E-state index < -0.39 is 23.2 Å². The van der Waals surface area contributed by atoms with Gasteiger partial charge in [-0.15, -0.1) is 0 Å². The molecule has 2 rings (SSSR count). The first-order valence-corrected chi connectivity index (χ1v) is 9.24. The Balaban J connectivity index is 2.61. The molecule has 2 unspecified atom stereocenters. The molecule has 150 valence electrons. The van der Waals surface area contributed by atoms with Crippen molar-refractivity contribution in [2.24, 2.45) is 5.41 Å². The largest absolute Gasteiger partial charge is 0.482 e. The van der Waals surface area contributed by atoms with Crippen LogP contribution in [0.15, 0.2) is 35.6 Å². The van der Waals surface area contributed by atoms with Gasteiger partial charge in [-0.25, -0.2) is 14.0 Å². The maximum Gasteiger partial charge on any atom is 0.319 e. The molecule has 1 saturated carbocycles. The van der Waals surface area contributed by atoms with Gasteiger partial charge in [0.2, 0.25) is 5.76 Å². The number of rotatable bonds is 8. The molecular formula is C21H24FNO5. The SMILES string of the molecule is CCOC(=O)C1(C(Nc2ccc(F)cc2)C(=C=O)OC(C)C)CCCC1=C=O. The molecule has 7 heteroatoms. The van der Waals surface area contributed by atoms with Gasteiger partial charge in [0.25, 0.3) is 0 Å². The van der Waals surface area contributed by atoms with Gasteiger partial charge >= 0.3 is 5.97 Å².